The molecule has 0 spiro atoms. The first-order chi connectivity index (χ1) is 8.27. The fourth-order valence-corrected chi connectivity index (χ4v) is 2.48. The van der Waals surface area contributed by atoms with Crippen LogP contribution in [0.15, 0.2) is 23.8 Å². The summed E-state index contributed by atoms with van der Waals surface area (Å²) >= 11 is 0. The van der Waals surface area contributed by atoms with Crippen molar-refractivity contribution in [2.45, 2.75) is 72.1 Å². The summed E-state index contributed by atoms with van der Waals surface area (Å²) in [6, 6.07) is 0. The zero-order chi connectivity index (χ0) is 12.5. The molecule has 0 fully saturated rings. The molecule has 2 unspecified atom stereocenters. The highest BCUT2D eigenvalue weighted by Gasteiger charge is 2.23. The summed E-state index contributed by atoms with van der Waals surface area (Å²) in [7, 11) is 0. The quantitative estimate of drug-likeness (QED) is 0.326. The molecule has 0 heteroatoms. The third-order valence-electron chi connectivity index (χ3n) is 3.88. The van der Waals surface area contributed by atoms with E-state index in [1.54, 1.807) is 5.57 Å². The van der Waals surface area contributed by atoms with Crippen LogP contribution in [0.4, 0.5) is 0 Å². The summed E-state index contributed by atoms with van der Waals surface area (Å²) in [5.74, 6) is 1.80. The maximum Gasteiger partial charge on any atom is -0.00201 e. The molecule has 0 bridgehead atoms. The van der Waals surface area contributed by atoms with Crippen LogP contribution in [0, 0.1) is 11.8 Å². The first kappa shape index (κ1) is 14.5. The minimum atomic E-state index is 0.899. The van der Waals surface area contributed by atoms with Crippen LogP contribution in [0.3, 0.4) is 0 Å². The largest absolute Gasteiger partial charge is 0.0917 e. The average Bonchev–Trinajstić information content (AvgIpc) is 3.06. The number of hydrogen-bond donors (Lipinski definition) is 0. The summed E-state index contributed by atoms with van der Waals surface area (Å²) in [5, 5.41) is 0. The van der Waals surface area contributed by atoms with Gasteiger partial charge in [-0.25, -0.2) is 0 Å². The Kier molecular flexibility index (Phi) is 7.32. The number of unbranched alkanes of at least 4 members (excludes halogenated alkanes) is 2. The predicted molar refractivity (Wildman–Crippen MR) is 78.2 cm³/mol. The smallest absolute Gasteiger partial charge is 0.00201 e. The molecule has 0 heterocycles. The molecule has 0 N–H and O–H groups in total. The van der Waals surface area contributed by atoms with Crippen molar-refractivity contribution >= 4 is 0 Å². The Morgan fingerprint density at radius 3 is 2.82 bits per heavy atom. The van der Waals surface area contributed by atoms with Crippen LogP contribution in [-0.4, -0.2) is 0 Å². The van der Waals surface area contributed by atoms with Gasteiger partial charge in [-0.15, -0.1) is 0 Å². The van der Waals surface area contributed by atoms with Gasteiger partial charge in [-0.05, 0) is 57.3 Å². The first-order valence-electron chi connectivity index (χ1n) is 7.59. The summed E-state index contributed by atoms with van der Waals surface area (Å²) < 4.78 is 0. The summed E-state index contributed by atoms with van der Waals surface area (Å²) in [5.41, 5.74) is 1.76. The summed E-state index contributed by atoms with van der Waals surface area (Å²) in [6.07, 6.45) is 18.0. The second-order valence-corrected chi connectivity index (χ2v) is 5.63. The minimum absolute atomic E-state index is 0.899. The lowest BCUT2D eigenvalue weighted by atomic mass is 9.96. The standard InChI is InChI=1S/C17H30/c1-4-6-8-10-15(3)12-13-17-14-16(17)11-9-7-5-2/h4,6,14-15,17H,5,7-13H2,1-3H3. The summed E-state index contributed by atoms with van der Waals surface area (Å²) in [4.78, 5) is 0. The molecule has 0 saturated heterocycles. The molecule has 17 heavy (non-hydrogen) atoms. The first-order valence-corrected chi connectivity index (χ1v) is 7.59. The van der Waals surface area contributed by atoms with Gasteiger partial charge in [0.15, 0.2) is 0 Å². The van der Waals surface area contributed by atoms with Gasteiger partial charge < -0.3 is 0 Å². The number of hydrogen-bond acceptors (Lipinski definition) is 0. The lowest BCUT2D eigenvalue weighted by molar-refractivity contribution is 0.465. The Morgan fingerprint density at radius 1 is 1.29 bits per heavy atom. The van der Waals surface area contributed by atoms with E-state index in [0.717, 1.165) is 11.8 Å². The van der Waals surface area contributed by atoms with Crippen molar-refractivity contribution in [3.63, 3.8) is 0 Å². The van der Waals surface area contributed by atoms with Crippen LogP contribution in [0.25, 0.3) is 0 Å². The van der Waals surface area contributed by atoms with Gasteiger partial charge in [0.2, 0.25) is 0 Å². The van der Waals surface area contributed by atoms with E-state index in [1.165, 1.54) is 51.4 Å². The molecule has 0 saturated carbocycles. The second-order valence-electron chi connectivity index (χ2n) is 5.63. The van der Waals surface area contributed by atoms with Crippen LogP contribution >= 0.6 is 0 Å². The lowest BCUT2D eigenvalue weighted by Crippen LogP contribution is -1.96. The fraction of sp³-hybridized carbons (Fsp3) is 0.765. The van der Waals surface area contributed by atoms with E-state index in [9.17, 15) is 0 Å². The molecule has 0 aliphatic heterocycles. The van der Waals surface area contributed by atoms with E-state index >= 15 is 0 Å². The van der Waals surface area contributed by atoms with Gasteiger partial charge in [0.05, 0.1) is 0 Å². The number of rotatable bonds is 10. The van der Waals surface area contributed by atoms with Crippen molar-refractivity contribution < 1.29 is 0 Å². The average molecular weight is 234 g/mol. The molecule has 98 valence electrons. The van der Waals surface area contributed by atoms with Crippen LogP contribution in [0.1, 0.15) is 72.1 Å². The Hall–Kier alpha value is -0.520. The van der Waals surface area contributed by atoms with Gasteiger partial charge >= 0.3 is 0 Å². The molecule has 0 radical (unpaired) electrons. The highest BCUT2D eigenvalue weighted by Crippen LogP contribution is 2.38. The molecule has 0 aromatic carbocycles. The van der Waals surface area contributed by atoms with Crippen LogP contribution in [0.5, 0.6) is 0 Å². The molecular weight excluding hydrogens is 204 g/mol. The molecule has 0 amide bonds. The topological polar surface area (TPSA) is 0 Å². The second kappa shape index (κ2) is 8.55. The monoisotopic (exact) mass is 234 g/mol. The van der Waals surface area contributed by atoms with Gasteiger partial charge in [-0.1, -0.05) is 50.5 Å². The normalized spacial score (nSPS) is 20.6. The van der Waals surface area contributed by atoms with Crippen LogP contribution < -0.4 is 0 Å². The van der Waals surface area contributed by atoms with Crippen molar-refractivity contribution in [2.24, 2.45) is 11.8 Å². The zero-order valence-electron chi connectivity index (χ0n) is 12.0. The number of allylic oxidation sites excluding steroid dienone is 4. The van der Waals surface area contributed by atoms with E-state index in [2.05, 4.69) is 39.0 Å². The maximum atomic E-state index is 2.51. The van der Waals surface area contributed by atoms with Gasteiger partial charge in [0, 0.05) is 0 Å². The molecule has 2 atom stereocenters. The van der Waals surface area contributed by atoms with Crippen molar-refractivity contribution in [3.8, 4) is 0 Å². The van der Waals surface area contributed by atoms with Gasteiger partial charge in [-0.2, -0.15) is 0 Å². The molecule has 1 aliphatic carbocycles. The summed E-state index contributed by atoms with van der Waals surface area (Å²) in [6.45, 7) is 6.80. The molecule has 0 aromatic heterocycles. The van der Waals surface area contributed by atoms with Gasteiger partial charge in [-0.3, -0.25) is 0 Å². The fourth-order valence-electron chi connectivity index (χ4n) is 2.48. The highest BCUT2D eigenvalue weighted by molar-refractivity contribution is 5.28. The van der Waals surface area contributed by atoms with E-state index in [-0.39, 0.29) is 0 Å². The molecule has 0 aromatic rings. The Bertz CT molecular complexity index is 247. The highest BCUT2D eigenvalue weighted by atomic mass is 14.3. The van der Waals surface area contributed by atoms with E-state index in [1.807, 2.05) is 0 Å². The SMILES string of the molecule is CC=CCCC(C)CCC1C=C1CCCCC. The van der Waals surface area contributed by atoms with Gasteiger partial charge in [0.25, 0.3) is 0 Å². The molecule has 0 nitrogen and oxygen atoms in total. The van der Waals surface area contributed by atoms with Crippen LogP contribution in [0.2, 0.25) is 0 Å². The van der Waals surface area contributed by atoms with E-state index in [4.69, 9.17) is 0 Å². The molecule has 1 aliphatic rings. The van der Waals surface area contributed by atoms with E-state index in [0.29, 0.717) is 0 Å². The van der Waals surface area contributed by atoms with Crippen molar-refractivity contribution in [1.29, 1.82) is 0 Å². The zero-order valence-corrected chi connectivity index (χ0v) is 12.0. The molecule has 1 rings (SSSR count). The van der Waals surface area contributed by atoms with Crippen LogP contribution in [-0.2, 0) is 0 Å². The van der Waals surface area contributed by atoms with Crippen molar-refractivity contribution in [2.75, 3.05) is 0 Å². The Balaban J connectivity index is 1.94. The Labute approximate surface area is 108 Å². The minimum Gasteiger partial charge on any atom is -0.0917 e. The van der Waals surface area contributed by atoms with Crippen molar-refractivity contribution in [3.05, 3.63) is 23.8 Å². The predicted octanol–water partition coefficient (Wildman–Crippen LogP) is 5.90. The van der Waals surface area contributed by atoms with Gasteiger partial charge in [0.1, 0.15) is 0 Å². The maximum absolute atomic E-state index is 2.51. The Morgan fingerprint density at radius 2 is 2.12 bits per heavy atom. The van der Waals surface area contributed by atoms with E-state index < -0.39 is 0 Å². The lowest BCUT2D eigenvalue weighted by Gasteiger charge is -2.09. The molecular formula is C17H30. The third kappa shape index (κ3) is 6.71. The van der Waals surface area contributed by atoms with Crippen molar-refractivity contribution in [1.82, 2.24) is 0 Å². The third-order valence-corrected chi connectivity index (χ3v) is 3.88.